The van der Waals surface area contributed by atoms with Crippen molar-refractivity contribution in [3.8, 4) is 5.75 Å². The molecule has 1 N–H and O–H groups in total. The van der Waals surface area contributed by atoms with Gasteiger partial charge in [0, 0.05) is 5.20 Å². The highest BCUT2D eigenvalue weighted by atomic mass is 79.9. The summed E-state index contributed by atoms with van der Waals surface area (Å²) in [5.74, 6) is 0.00209. The van der Waals surface area contributed by atoms with Gasteiger partial charge in [-0.15, -0.1) is 0 Å². The van der Waals surface area contributed by atoms with Crippen molar-refractivity contribution in [2.24, 2.45) is 0 Å². The highest BCUT2D eigenvalue weighted by Crippen LogP contribution is 2.42. The normalized spacial score (nSPS) is 14.3. The lowest BCUT2D eigenvalue weighted by molar-refractivity contribution is -0.131. The van der Waals surface area contributed by atoms with Gasteiger partial charge in [-0.05, 0) is 62.9 Å². The van der Waals surface area contributed by atoms with E-state index in [-0.39, 0.29) is 10.1 Å². The molecule has 0 bridgehead atoms. The monoisotopic (exact) mass is 470 g/mol. The lowest BCUT2D eigenvalue weighted by atomic mass is 10.2. The summed E-state index contributed by atoms with van der Waals surface area (Å²) in [5, 5.41) is 10.5. The lowest BCUT2D eigenvalue weighted by Gasteiger charge is -2.37. The van der Waals surface area contributed by atoms with Crippen LogP contribution in [0, 0.1) is 0 Å². The van der Waals surface area contributed by atoms with Crippen molar-refractivity contribution in [3.05, 3.63) is 33.4 Å². The highest BCUT2D eigenvalue weighted by Gasteiger charge is 2.42. The molecule has 6 heteroatoms. The predicted molar refractivity (Wildman–Crippen MR) is 125 cm³/mol. The fourth-order valence-electron chi connectivity index (χ4n) is 2.20. The third-order valence-corrected chi connectivity index (χ3v) is 16.6. The Labute approximate surface area is 175 Å². The zero-order valence-corrected chi connectivity index (χ0v) is 22.0. The first-order chi connectivity index (χ1) is 11.9. The Bertz CT molecular complexity index is 739. The zero-order valence-electron chi connectivity index (χ0n) is 18.5. The van der Waals surface area contributed by atoms with Crippen molar-refractivity contribution < 1.29 is 14.3 Å². The van der Waals surface area contributed by atoms with Crippen LogP contribution in [0.4, 0.5) is 0 Å². The van der Waals surface area contributed by atoms with Crippen molar-refractivity contribution in [2.75, 3.05) is 0 Å². The minimum Gasteiger partial charge on any atom is -0.543 e. The number of carboxylic acid groups (broad SMARTS) is 1. The van der Waals surface area contributed by atoms with E-state index in [1.165, 1.54) is 0 Å². The third kappa shape index (κ3) is 5.58. The lowest BCUT2D eigenvalue weighted by Crippen LogP contribution is -2.43. The molecule has 0 heterocycles. The molecule has 1 aromatic carbocycles. The van der Waals surface area contributed by atoms with Gasteiger partial charge < -0.3 is 9.53 Å². The van der Waals surface area contributed by atoms with Gasteiger partial charge in [0.25, 0.3) is 8.32 Å². The minimum absolute atomic E-state index is 0.0418. The maximum atomic E-state index is 12.0. The fourth-order valence-corrected chi connectivity index (χ4v) is 5.73. The molecule has 3 nitrogen and oxygen atoms in total. The molecule has 0 aliphatic rings. The van der Waals surface area contributed by atoms with Crippen molar-refractivity contribution in [1.82, 2.24) is 0 Å². The largest absolute Gasteiger partial charge is 0.543 e. The molecule has 0 aromatic heterocycles. The molecule has 1 rings (SSSR count). The summed E-state index contributed by atoms with van der Waals surface area (Å²) < 4.78 is 7.25. The highest BCUT2D eigenvalue weighted by molar-refractivity contribution is 9.10. The molecule has 0 unspecified atom stereocenters. The van der Waals surface area contributed by atoms with Crippen molar-refractivity contribution >= 4 is 44.4 Å². The number of carboxylic acids is 1. The second-order valence-corrected chi connectivity index (χ2v) is 21.2. The maximum absolute atomic E-state index is 12.0. The number of benzene rings is 1. The molecule has 0 saturated heterocycles. The molecule has 0 radical (unpaired) electrons. The van der Waals surface area contributed by atoms with Gasteiger partial charge in [0.1, 0.15) is 5.75 Å². The topological polar surface area (TPSA) is 46.5 Å². The molecule has 1 aromatic rings. The second kappa shape index (κ2) is 7.87. The third-order valence-electron chi connectivity index (χ3n) is 6.22. The Balaban J connectivity index is 3.32. The SMILES string of the molecule is CC(C)(C)[Si](C)(C)Oc1ccc(C=C(C(=O)O)[Si](C)(C)C(C)(C)C)cc1Br. The fraction of sp³-hybridized carbons (Fsp3) is 0.571. The van der Waals surface area contributed by atoms with Gasteiger partial charge in [0.05, 0.1) is 12.5 Å². The Hall–Kier alpha value is -0.856. The summed E-state index contributed by atoms with van der Waals surface area (Å²) >= 11 is 3.62. The van der Waals surface area contributed by atoms with E-state index in [1.54, 1.807) is 0 Å². The van der Waals surface area contributed by atoms with Crippen molar-refractivity contribution in [1.29, 1.82) is 0 Å². The van der Waals surface area contributed by atoms with Crippen molar-refractivity contribution in [2.45, 2.75) is 77.8 Å². The van der Waals surface area contributed by atoms with Crippen molar-refractivity contribution in [3.63, 3.8) is 0 Å². The summed E-state index contributed by atoms with van der Waals surface area (Å²) in [7, 11) is -4.08. The average molecular weight is 472 g/mol. The van der Waals surface area contributed by atoms with Gasteiger partial charge in [-0.25, -0.2) is 4.79 Å². The smallest absolute Gasteiger partial charge is 0.327 e. The summed E-state index contributed by atoms with van der Waals surface area (Å²) in [5.41, 5.74) is 0.881. The summed E-state index contributed by atoms with van der Waals surface area (Å²) in [4.78, 5) is 12.0. The minimum atomic E-state index is -2.15. The van der Waals surface area contributed by atoms with Crippen LogP contribution in [0.1, 0.15) is 47.1 Å². The number of carbonyl (C=O) groups is 1. The number of rotatable bonds is 5. The molecule has 0 amide bonds. The molecule has 152 valence electrons. The molecular formula is C21H35BrO3Si2. The molecule has 0 atom stereocenters. The summed E-state index contributed by atoms with van der Waals surface area (Å²) in [6.07, 6.45) is 1.83. The number of aliphatic carboxylic acids is 1. The van der Waals surface area contributed by atoms with Crippen LogP contribution in [-0.2, 0) is 4.79 Å². The van der Waals surface area contributed by atoms with E-state index in [1.807, 2.05) is 24.3 Å². The maximum Gasteiger partial charge on any atom is 0.327 e. The van der Waals surface area contributed by atoms with Crippen LogP contribution in [0.15, 0.2) is 27.9 Å². The number of halogens is 1. The van der Waals surface area contributed by atoms with Gasteiger partial charge in [0.2, 0.25) is 0 Å². The number of hydrogen-bond donors (Lipinski definition) is 1. The Kier molecular flexibility index (Phi) is 7.05. The van der Waals surface area contributed by atoms with Crippen LogP contribution in [0.2, 0.25) is 36.3 Å². The second-order valence-electron chi connectivity index (χ2n) is 10.3. The molecule has 27 heavy (non-hydrogen) atoms. The van der Waals surface area contributed by atoms with Crippen LogP contribution in [0.5, 0.6) is 5.75 Å². The molecule has 0 saturated carbocycles. The quantitative estimate of drug-likeness (QED) is 0.361. The Morgan fingerprint density at radius 2 is 1.56 bits per heavy atom. The predicted octanol–water partition coefficient (Wildman–Crippen LogP) is 7.35. The molecule has 0 aliphatic heterocycles. The van der Waals surface area contributed by atoms with Gasteiger partial charge >= 0.3 is 5.97 Å². The zero-order chi connectivity index (χ0) is 21.4. The van der Waals surface area contributed by atoms with Crippen LogP contribution >= 0.6 is 15.9 Å². The summed E-state index contributed by atoms with van der Waals surface area (Å²) in [6.45, 7) is 21.7. The van der Waals surface area contributed by atoms with E-state index in [9.17, 15) is 9.90 Å². The van der Waals surface area contributed by atoms with Gasteiger partial charge in [-0.1, -0.05) is 60.7 Å². The first kappa shape index (κ1) is 24.2. The van der Waals surface area contributed by atoms with E-state index < -0.39 is 22.4 Å². The van der Waals surface area contributed by atoms with Crippen LogP contribution in [-0.4, -0.2) is 27.5 Å². The summed E-state index contributed by atoms with van der Waals surface area (Å²) in [6, 6.07) is 5.85. The first-order valence-electron chi connectivity index (χ1n) is 9.34. The van der Waals surface area contributed by atoms with Gasteiger partial charge in [0.15, 0.2) is 0 Å². The van der Waals surface area contributed by atoms with Crippen LogP contribution in [0.25, 0.3) is 6.08 Å². The van der Waals surface area contributed by atoms with Crippen LogP contribution in [0.3, 0.4) is 0 Å². The molecular weight excluding hydrogens is 436 g/mol. The van der Waals surface area contributed by atoms with Gasteiger partial charge in [-0.3, -0.25) is 0 Å². The van der Waals surface area contributed by atoms with E-state index >= 15 is 0 Å². The molecule has 0 fully saturated rings. The number of hydrogen-bond acceptors (Lipinski definition) is 2. The van der Waals surface area contributed by atoms with E-state index in [0.717, 1.165) is 15.8 Å². The van der Waals surface area contributed by atoms with Gasteiger partial charge in [-0.2, -0.15) is 0 Å². The van der Waals surface area contributed by atoms with E-state index in [2.05, 4.69) is 83.7 Å². The Morgan fingerprint density at radius 1 is 1.04 bits per heavy atom. The average Bonchev–Trinajstić information content (AvgIpc) is 2.44. The molecule has 0 aliphatic carbocycles. The molecule has 0 spiro atoms. The standard InChI is InChI=1S/C21H35BrO3Si2/c1-20(2,3)26(7,8)18(19(23)24)14-15-11-12-17(16(22)13-15)25-27(9,10)21(4,5)6/h11-14H,1-10H3,(H,23,24). The van der Waals surface area contributed by atoms with E-state index in [0.29, 0.717) is 5.20 Å². The first-order valence-corrected chi connectivity index (χ1v) is 16.0. The van der Waals surface area contributed by atoms with Crippen LogP contribution < -0.4 is 4.43 Å². The van der Waals surface area contributed by atoms with E-state index in [4.69, 9.17) is 4.43 Å². The Morgan fingerprint density at radius 3 is 1.93 bits per heavy atom.